The third kappa shape index (κ3) is 9.23. The molecule has 1 fully saturated rings. The van der Waals surface area contributed by atoms with Crippen molar-refractivity contribution >= 4 is 35.5 Å². The van der Waals surface area contributed by atoms with E-state index in [0.717, 1.165) is 11.8 Å². The van der Waals surface area contributed by atoms with Crippen molar-refractivity contribution in [2.24, 2.45) is 5.73 Å². The number of rotatable bonds is 14. The Morgan fingerprint density at radius 2 is 1.59 bits per heavy atom. The van der Waals surface area contributed by atoms with Crippen molar-refractivity contribution in [3.63, 3.8) is 0 Å². The van der Waals surface area contributed by atoms with Crippen molar-refractivity contribution in [1.82, 2.24) is 20.9 Å². The van der Waals surface area contributed by atoms with Crippen LogP contribution in [0.5, 0.6) is 0 Å². The molecule has 37 heavy (non-hydrogen) atoms. The number of hydrogen-bond donors (Lipinski definition) is 8. The number of likely N-dealkylation sites (tertiary alicyclic amines) is 1. The Hall–Kier alpha value is -3.34. The van der Waals surface area contributed by atoms with Gasteiger partial charge in [0.1, 0.15) is 30.3 Å². The number of carbonyl (C=O) groups is 6. The highest BCUT2D eigenvalue weighted by Crippen LogP contribution is 2.19. The highest BCUT2D eigenvalue weighted by Gasteiger charge is 2.38. The van der Waals surface area contributed by atoms with E-state index in [0.29, 0.717) is 12.8 Å². The van der Waals surface area contributed by atoms with Gasteiger partial charge in [0.15, 0.2) is 6.04 Å². The summed E-state index contributed by atoms with van der Waals surface area (Å²) in [5, 5.41) is 46.7. The number of primary amides is 1. The van der Waals surface area contributed by atoms with Crippen molar-refractivity contribution in [3.05, 3.63) is 0 Å². The molecule has 0 aromatic rings. The first-order valence-corrected chi connectivity index (χ1v) is 11.7. The third-order valence-corrected chi connectivity index (χ3v) is 5.91. The monoisotopic (exact) mass is 532 g/mol. The molecule has 0 spiro atoms. The quantitative estimate of drug-likeness (QED) is 0.105. The fraction of sp³-hybridized carbons (Fsp3) is 0.714. The van der Waals surface area contributed by atoms with E-state index in [1.807, 2.05) is 0 Å². The second-order valence-electron chi connectivity index (χ2n) is 8.88. The van der Waals surface area contributed by atoms with E-state index in [1.165, 1.54) is 6.92 Å². The van der Waals surface area contributed by atoms with Gasteiger partial charge >= 0.3 is 0 Å². The number of aliphatic hydroxyl groups is 3. The van der Waals surface area contributed by atoms with Gasteiger partial charge in [-0.15, -0.1) is 0 Å². The first-order valence-electron chi connectivity index (χ1n) is 11.7. The molecule has 1 aliphatic rings. The maximum atomic E-state index is 13.1. The number of nitrogens with one attached hydrogen (secondary N) is 3. The summed E-state index contributed by atoms with van der Waals surface area (Å²) in [6.07, 6.45) is -2.95. The molecule has 1 rings (SSSR count). The second kappa shape index (κ2) is 14.4. The van der Waals surface area contributed by atoms with Crippen LogP contribution >= 0.6 is 0 Å². The zero-order valence-corrected chi connectivity index (χ0v) is 20.7. The Morgan fingerprint density at radius 1 is 1.00 bits per heavy atom. The predicted molar refractivity (Wildman–Crippen MR) is 121 cm³/mol. The van der Waals surface area contributed by atoms with Crippen molar-refractivity contribution in [2.45, 2.75) is 81.9 Å². The number of hydrogen-bond acceptors (Lipinski definition) is 10. The molecule has 0 aromatic heterocycles. The van der Waals surface area contributed by atoms with Gasteiger partial charge in [-0.3, -0.25) is 24.0 Å². The number of aliphatic carboxylic acids is 1. The van der Waals surface area contributed by atoms with Crippen LogP contribution in [0.3, 0.4) is 0 Å². The highest BCUT2D eigenvalue weighted by molar-refractivity contribution is 5.96. The lowest BCUT2D eigenvalue weighted by Crippen LogP contribution is -2.73. The van der Waals surface area contributed by atoms with Crippen LogP contribution in [0.25, 0.3) is 0 Å². The summed E-state index contributed by atoms with van der Waals surface area (Å²) in [6.45, 7) is 1.70. The minimum atomic E-state index is -1.69. The summed E-state index contributed by atoms with van der Waals surface area (Å²) in [6, 6.07) is -6.80. The fourth-order valence-electron chi connectivity index (χ4n) is 3.66. The molecule has 0 aromatic carbocycles. The Balaban J connectivity index is 3.03. The number of carboxylic acid groups (broad SMARTS) is 1. The minimum absolute atomic E-state index is 0.151. The Morgan fingerprint density at radius 3 is 2.08 bits per heavy atom. The van der Waals surface area contributed by atoms with E-state index in [1.54, 1.807) is 0 Å². The van der Waals surface area contributed by atoms with Crippen molar-refractivity contribution in [2.75, 3.05) is 13.2 Å². The van der Waals surface area contributed by atoms with Gasteiger partial charge in [0.05, 0.1) is 12.7 Å². The molecule has 0 bridgehead atoms. The topological polar surface area (TPSA) is 279 Å². The van der Waals surface area contributed by atoms with E-state index >= 15 is 0 Å². The Kier molecular flexibility index (Phi) is 12.3. The molecule has 11 N–H and O–H groups in total. The summed E-state index contributed by atoms with van der Waals surface area (Å²) in [5.41, 5.74) is 8.77. The van der Waals surface area contributed by atoms with Gasteiger partial charge in [-0.25, -0.2) is 0 Å². The first kappa shape index (κ1) is 31.7. The number of nitrogens with zero attached hydrogens (tertiary/aromatic N) is 1. The lowest BCUT2D eigenvalue weighted by molar-refractivity contribution is -0.419. The van der Waals surface area contributed by atoms with Crippen LogP contribution in [0.15, 0.2) is 0 Å². The maximum Gasteiger partial charge on any atom is 0.281 e. The average Bonchev–Trinajstić information content (AvgIpc) is 3.32. The third-order valence-electron chi connectivity index (χ3n) is 5.91. The van der Waals surface area contributed by atoms with E-state index in [-0.39, 0.29) is 6.54 Å². The highest BCUT2D eigenvalue weighted by atomic mass is 16.4. The molecule has 0 radical (unpaired) electrons. The normalized spacial score (nSPS) is 20.1. The molecule has 7 unspecified atom stereocenters. The lowest BCUT2D eigenvalue weighted by atomic mass is 10.1. The largest absolute Gasteiger partial charge is 0.550 e. The summed E-state index contributed by atoms with van der Waals surface area (Å²) in [5.74, 6) is -6.03. The molecule has 16 nitrogen and oxygen atoms in total. The van der Waals surface area contributed by atoms with E-state index in [2.05, 4.69) is 21.7 Å². The molecule has 16 heteroatoms. The standard InChI is InChI=1S/C21H36N6O10/c1-9(29)15(22)19(35)25-12(8-28)18(34)26-16(10(2)30)20(36)24-11(5-6-14(31)32)21(37)27-7-3-4-13(27)17(23)33/h9-13,15-16,28-30H,3-8,22H2,1-2H3,(H2,23,33)(H,24,36)(H,25,35)(H,26,34)(H,31,32). The van der Waals surface area contributed by atoms with Gasteiger partial charge in [0.25, 0.3) is 5.91 Å². The summed E-state index contributed by atoms with van der Waals surface area (Å²) >= 11 is 0. The average molecular weight is 533 g/mol. The van der Waals surface area contributed by atoms with Crippen molar-refractivity contribution in [1.29, 1.82) is 0 Å². The smallest absolute Gasteiger partial charge is 0.281 e. The van der Waals surface area contributed by atoms with Gasteiger partial charge in [-0.2, -0.15) is 0 Å². The zero-order chi connectivity index (χ0) is 28.4. The number of quaternary nitrogens is 1. The van der Waals surface area contributed by atoms with Gasteiger partial charge in [0.2, 0.25) is 23.6 Å². The van der Waals surface area contributed by atoms with Crippen LogP contribution in [0.4, 0.5) is 0 Å². The molecule has 0 aliphatic carbocycles. The van der Waals surface area contributed by atoms with Crippen molar-refractivity contribution in [3.8, 4) is 0 Å². The number of amides is 5. The van der Waals surface area contributed by atoms with Crippen LogP contribution in [0.2, 0.25) is 0 Å². The second-order valence-corrected chi connectivity index (χ2v) is 8.88. The number of carboxylic acids is 1. The SMILES string of the molecule is CC(O)C([NH3+])C(=O)NC(CO)C(=O)NC(C(=O)NC(CCC(=O)[O-])C(=O)N1CCCC1C(N)=O)C(C)O. The van der Waals surface area contributed by atoms with E-state index < -0.39 is 97.4 Å². The Labute approximate surface area is 212 Å². The maximum absolute atomic E-state index is 13.1. The summed E-state index contributed by atoms with van der Waals surface area (Å²) in [4.78, 5) is 74.5. The van der Waals surface area contributed by atoms with E-state index in [9.17, 15) is 49.2 Å². The van der Waals surface area contributed by atoms with Gasteiger partial charge in [-0.1, -0.05) is 0 Å². The molecular formula is C21H36N6O10. The summed E-state index contributed by atoms with van der Waals surface area (Å²) < 4.78 is 0. The van der Waals surface area contributed by atoms with Crippen LogP contribution in [0, 0.1) is 0 Å². The zero-order valence-electron chi connectivity index (χ0n) is 20.7. The van der Waals surface area contributed by atoms with E-state index in [4.69, 9.17) is 5.73 Å². The minimum Gasteiger partial charge on any atom is -0.550 e. The molecule has 1 aliphatic heterocycles. The molecule has 210 valence electrons. The van der Waals surface area contributed by atoms with Gasteiger partial charge in [0, 0.05) is 12.5 Å². The molecule has 1 heterocycles. The fourth-order valence-corrected chi connectivity index (χ4v) is 3.66. The van der Waals surface area contributed by atoms with Crippen LogP contribution in [-0.2, 0) is 28.8 Å². The van der Waals surface area contributed by atoms with Crippen LogP contribution in [-0.4, -0.2) is 111 Å². The summed E-state index contributed by atoms with van der Waals surface area (Å²) in [7, 11) is 0. The lowest BCUT2D eigenvalue weighted by Gasteiger charge is -2.30. The number of aliphatic hydroxyl groups excluding tert-OH is 3. The molecule has 0 saturated carbocycles. The number of nitrogens with two attached hydrogens (primary N) is 1. The van der Waals surface area contributed by atoms with Gasteiger partial charge in [-0.05, 0) is 39.5 Å². The number of carbonyl (C=O) groups excluding carboxylic acids is 6. The van der Waals surface area contributed by atoms with Crippen LogP contribution in [0.1, 0.15) is 39.5 Å². The Bertz CT molecular complexity index is 867. The first-order chi connectivity index (χ1) is 17.2. The van der Waals surface area contributed by atoms with Crippen LogP contribution < -0.4 is 32.5 Å². The molecule has 5 amide bonds. The predicted octanol–water partition coefficient (Wildman–Crippen LogP) is -7.19. The van der Waals surface area contributed by atoms with Crippen molar-refractivity contribution < 1.29 is 54.9 Å². The van der Waals surface area contributed by atoms with Gasteiger partial charge < -0.3 is 57.5 Å². The molecule has 1 saturated heterocycles. The molecular weight excluding hydrogens is 496 g/mol. The molecule has 7 atom stereocenters.